The van der Waals surface area contributed by atoms with E-state index in [9.17, 15) is 15.3 Å². The average molecular weight is 393 g/mol. The number of nitrogens with zero attached hydrogens (tertiary/aromatic N) is 5. The van der Waals surface area contributed by atoms with Crippen LogP contribution in [-0.4, -0.2) is 90.8 Å². The summed E-state index contributed by atoms with van der Waals surface area (Å²) < 4.78 is 7.27. The fourth-order valence-corrected chi connectivity index (χ4v) is 4.08. The van der Waals surface area contributed by atoms with Gasteiger partial charge in [-0.05, 0) is 32.9 Å². The van der Waals surface area contributed by atoms with Gasteiger partial charge in [0.15, 0.2) is 23.2 Å². The van der Waals surface area contributed by atoms with Crippen LogP contribution >= 0.6 is 0 Å². The number of anilines is 2. The summed E-state index contributed by atoms with van der Waals surface area (Å²) >= 11 is 0. The molecule has 2 aliphatic rings. The summed E-state index contributed by atoms with van der Waals surface area (Å²) in [6.07, 6.45) is 0.320. The van der Waals surface area contributed by atoms with Crippen molar-refractivity contribution in [1.82, 2.24) is 24.4 Å². The lowest BCUT2D eigenvalue weighted by Crippen LogP contribution is -2.33. The minimum atomic E-state index is -1.24. The maximum absolute atomic E-state index is 10.5. The van der Waals surface area contributed by atoms with Gasteiger partial charge in [-0.15, -0.1) is 0 Å². The predicted molar refractivity (Wildman–Crippen MR) is 102 cm³/mol. The largest absolute Gasteiger partial charge is 0.394 e. The van der Waals surface area contributed by atoms with Crippen molar-refractivity contribution < 1.29 is 20.1 Å². The number of nitrogens with one attached hydrogen (secondary N) is 1. The lowest BCUT2D eigenvalue weighted by molar-refractivity contribution is -0.0501. The standard InChI is InChI=1S/C17H27N7O4/c1-23-6-2-3-9(23)4-5-19-17-22-11-14(18)20-8-21-15(11)24(17)16-13(27)12(26)10(7-25)28-16/h8-10,12-13,16,25-27H,2-7H2,1H3,(H,19,22)(H2,18,20,21)/t9?,10-,12-,13-,16-/m1/s1. The second kappa shape index (κ2) is 7.76. The van der Waals surface area contributed by atoms with Gasteiger partial charge in [-0.1, -0.05) is 0 Å². The smallest absolute Gasteiger partial charge is 0.207 e. The number of fused-ring (bicyclic) bond motifs is 1. The van der Waals surface area contributed by atoms with E-state index in [4.69, 9.17) is 10.5 Å². The Hall–Kier alpha value is -2.05. The number of hydrogen-bond donors (Lipinski definition) is 5. The zero-order valence-electron chi connectivity index (χ0n) is 15.8. The number of aromatic nitrogens is 4. The zero-order valence-corrected chi connectivity index (χ0v) is 15.8. The van der Waals surface area contributed by atoms with Crippen molar-refractivity contribution in [3.8, 4) is 0 Å². The van der Waals surface area contributed by atoms with Crippen molar-refractivity contribution in [3.05, 3.63) is 6.33 Å². The maximum Gasteiger partial charge on any atom is 0.207 e. The molecule has 2 saturated heterocycles. The van der Waals surface area contributed by atoms with Crippen molar-refractivity contribution >= 4 is 22.9 Å². The molecule has 2 fully saturated rings. The Morgan fingerprint density at radius 3 is 2.82 bits per heavy atom. The van der Waals surface area contributed by atoms with Gasteiger partial charge < -0.3 is 36.0 Å². The van der Waals surface area contributed by atoms with Gasteiger partial charge in [-0.2, -0.15) is 0 Å². The number of imidazole rings is 1. The highest BCUT2D eigenvalue weighted by Crippen LogP contribution is 2.35. The van der Waals surface area contributed by atoms with Crippen LogP contribution in [0.15, 0.2) is 6.33 Å². The van der Waals surface area contributed by atoms with Crippen LogP contribution in [0.4, 0.5) is 11.8 Å². The second-order valence-electron chi connectivity index (χ2n) is 7.46. The first-order valence-electron chi connectivity index (χ1n) is 9.56. The molecule has 11 heteroatoms. The maximum atomic E-state index is 10.5. The molecular formula is C17H27N7O4. The van der Waals surface area contributed by atoms with E-state index in [0.29, 0.717) is 29.7 Å². The van der Waals surface area contributed by atoms with E-state index in [1.165, 1.54) is 19.2 Å². The Kier molecular flexibility index (Phi) is 5.34. The van der Waals surface area contributed by atoms with Gasteiger partial charge in [0.2, 0.25) is 5.95 Å². The molecule has 0 bridgehead atoms. The molecule has 154 valence electrons. The topological polar surface area (TPSA) is 155 Å². The first-order chi connectivity index (χ1) is 13.5. The van der Waals surface area contributed by atoms with Crippen molar-refractivity contribution in [2.45, 2.75) is 49.8 Å². The molecule has 2 aliphatic heterocycles. The van der Waals surface area contributed by atoms with E-state index in [1.54, 1.807) is 4.57 Å². The van der Waals surface area contributed by atoms with E-state index in [1.807, 2.05) is 0 Å². The van der Waals surface area contributed by atoms with Crippen LogP contribution in [0.25, 0.3) is 11.2 Å². The third-order valence-electron chi connectivity index (χ3n) is 5.71. The van der Waals surface area contributed by atoms with Crippen LogP contribution in [-0.2, 0) is 4.74 Å². The molecule has 0 spiro atoms. The number of aliphatic hydroxyl groups excluding tert-OH is 3. The molecule has 0 aliphatic carbocycles. The van der Waals surface area contributed by atoms with Crippen molar-refractivity contribution in [3.63, 3.8) is 0 Å². The lowest BCUT2D eigenvalue weighted by atomic mass is 10.1. The van der Waals surface area contributed by atoms with Crippen molar-refractivity contribution in [2.24, 2.45) is 0 Å². The van der Waals surface area contributed by atoms with Crippen molar-refractivity contribution in [1.29, 1.82) is 0 Å². The highest BCUT2D eigenvalue weighted by molar-refractivity contribution is 5.84. The summed E-state index contributed by atoms with van der Waals surface area (Å²) in [6, 6.07) is 0.518. The van der Waals surface area contributed by atoms with Crippen LogP contribution in [0.2, 0.25) is 0 Å². The first-order valence-corrected chi connectivity index (χ1v) is 9.56. The summed E-state index contributed by atoms with van der Waals surface area (Å²) in [7, 11) is 2.13. The average Bonchev–Trinajstić information content (AvgIpc) is 3.34. The van der Waals surface area contributed by atoms with Crippen LogP contribution < -0.4 is 11.1 Å². The van der Waals surface area contributed by atoms with Crippen LogP contribution in [0.1, 0.15) is 25.5 Å². The highest BCUT2D eigenvalue weighted by Gasteiger charge is 2.45. The van der Waals surface area contributed by atoms with Gasteiger partial charge in [-0.25, -0.2) is 15.0 Å². The monoisotopic (exact) mass is 393 g/mol. The van der Waals surface area contributed by atoms with Crippen molar-refractivity contribution in [2.75, 3.05) is 37.8 Å². The van der Waals surface area contributed by atoms with Crippen LogP contribution in [0, 0.1) is 0 Å². The number of ether oxygens (including phenoxy) is 1. The molecule has 6 N–H and O–H groups in total. The molecule has 2 aromatic heterocycles. The molecule has 2 aromatic rings. The molecule has 1 unspecified atom stereocenters. The Labute approximate surface area is 162 Å². The van der Waals surface area contributed by atoms with Gasteiger partial charge in [-0.3, -0.25) is 4.57 Å². The van der Waals surface area contributed by atoms with Crippen LogP contribution in [0.3, 0.4) is 0 Å². The Morgan fingerprint density at radius 2 is 2.14 bits per heavy atom. The molecule has 0 saturated carbocycles. The fraction of sp³-hybridized carbons (Fsp3) is 0.706. The number of nitrogen functional groups attached to an aromatic ring is 1. The van der Waals surface area contributed by atoms with Gasteiger partial charge in [0.25, 0.3) is 0 Å². The minimum absolute atomic E-state index is 0.217. The number of hydrogen-bond acceptors (Lipinski definition) is 10. The Morgan fingerprint density at radius 1 is 1.32 bits per heavy atom. The molecule has 11 nitrogen and oxygen atoms in total. The molecule has 4 rings (SSSR count). The van der Waals surface area contributed by atoms with E-state index in [0.717, 1.165) is 13.0 Å². The van der Waals surface area contributed by atoms with E-state index in [-0.39, 0.29) is 5.82 Å². The third-order valence-corrected chi connectivity index (χ3v) is 5.71. The predicted octanol–water partition coefficient (Wildman–Crippen LogP) is -1.08. The minimum Gasteiger partial charge on any atom is -0.394 e. The number of likely N-dealkylation sites (tertiary alicyclic amines) is 1. The van der Waals surface area contributed by atoms with E-state index < -0.39 is 31.1 Å². The number of rotatable bonds is 6. The highest BCUT2D eigenvalue weighted by atomic mass is 16.6. The lowest BCUT2D eigenvalue weighted by Gasteiger charge is -2.21. The molecule has 4 heterocycles. The van der Waals surface area contributed by atoms with Gasteiger partial charge in [0.1, 0.15) is 24.6 Å². The number of aliphatic hydroxyl groups is 3. The molecule has 5 atom stereocenters. The third kappa shape index (κ3) is 3.29. The summed E-state index contributed by atoms with van der Waals surface area (Å²) in [6.45, 7) is 1.37. The number of nitrogens with two attached hydrogens (primary N) is 1. The summed E-state index contributed by atoms with van der Waals surface area (Å²) in [5.41, 5.74) is 6.73. The quantitative estimate of drug-likeness (QED) is 0.409. The summed E-state index contributed by atoms with van der Waals surface area (Å²) in [4.78, 5) is 15.1. The van der Waals surface area contributed by atoms with E-state index in [2.05, 4.69) is 32.2 Å². The molecule has 28 heavy (non-hydrogen) atoms. The zero-order chi connectivity index (χ0) is 19.8. The second-order valence-corrected chi connectivity index (χ2v) is 7.46. The van der Waals surface area contributed by atoms with Gasteiger partial charge >= 0.3 is 0 Å². The first kappa shape index (κ1) is 19.3. The van der Waals surface area contributed by atoms with Gasteiger partial charge in [0, 0.05) is 12.6 Å². The molecule has 0 radical (unpaired) electrons. The Bertz CT molecular complexity index is 831. The SMILES string of the molecule is CN1CCCC1CCNc1nc2c(N)ncnc2n1[C@@H]1O[C@H](CO)[C@@H](O)[C@H]1O. The van der Waals surface area contributed by atoms with Gasteiger partial charge in [0.05, 0.1) is 6.61 Å². The Balaban J connectivity index is 1.62. The van der Waals surface area contributed by atoms with Crippen LogP contribution in [0.5, 0.6) is 0 Å². The molecule has 0 aromatic carbocycles. The molecular weight excluding hydrogens is 366 g/mol. The molecule has 0 amide bonds. The normalized spacial score (nSPS) is 31.1. The van der Waals surface area contributed by atoms with E-state index >= 15 is 0 Å². The summed E-state index contributed by atoms with van der Waals surface area (Å²) in [5, 5.41) is 33.3. The fourth-order valence-electron chi connectivity index (χ4n) is 4.08. The summed E-state index contributed by atoms with van der Waals surface area (Å²) in [5.74, 6) is 0.645.